The van der Waals surface area contributed by atoms with Crippen LogP contribution in [0.2, 0.25) is 0 Å². The summed E-state index contributed by atoms with van der Waals surface area (Å²) in [7, 11) is 0. The molecule has 7 nitrogen and oxygen atoms in total. The van der Waals surface area contributed by atoms with Gasteiger partial charge in [0.1, 0.15) is 23.3 Å². The topological polar surface area (TPSA) is 74.2 Å². The smallest absolute Gasteiger partial charge is 0.266 e. The molecule has 34 heavy (non-hydrogen) atoms. The Morgan fingerprint density at radius 1 is 1.06 bits per heavy atom. The summed E-state index contributed by atoms with van der Waals surface area (Å²) in [6, 6.07) is 5.27. The number of benzene rings is 1. The lowest BCUT2D eigenvalue weighted by molar-refractivity contribution is -0.129. The Morgan fingerprint density at radius 3 is 2.38 bits per heavy atom. The fraction of sp³-hybridized carbons (Fsp3) is 0.417. The van der Waals surface area contributed by atoms with Crippen LogP contribution in [0.1, 0.15) is 49.0 Å². The molecular weight excluding hydrogens is 445 g/mol. The Balaban J connectivity index is 1.69. The third-order valence-electron chi connectivity index (χ3n) is 6.12. The molecule has 0 saturated carbocycles. The first kappa shape index (κ1) is 23.7. The molecule has 1 saturated heterocycles. The van der Waals surface area contributed by atoms with Gasteiger partial charge in [-0.25, -0.2) is 28.1 Å². The van der Waals surface area contributed by atoms with Crippen LogP contribution in [0.15, 0.2) is 24.3 Å². The number of rotatable bonds is 5. The summed E-state index contributed by atoms with van der Waals surface area (Å²) in [5.74, 6) is 0.856. The van der Waals surface area contributed by atoms with E-state index in [0.717, 1.165) is 11.9 Å². The maximum Gasteiger partial charge on any atom is 0.266 e. The lowest BCUT2D eigenvalue weighted by atomic mass is 10.0. The highest BCUT2D eigenvalue weighted by atomic mass is 19.3. The van der Waals surface area contributed by atoms with Crippen molar-refractivity contribution in [1.82, 2.24) is 19.9 Å². The van der Waals surface area contributed by atoms with Crippen LogP contribution >= 0.6 is 0 Å². The summed E-state index contributed by atoms with van der Waals surface area (Å²) in [5, 5.41) is 3.90. The Bertz CT molecular complexity index is 1230. The quantitative estimate of drug-likeness (QED) is 0.587. The van der Waals surface area contributed by atoms with E-state index in [1.54, 1.807) is 25.7 Å². The monoisotopic (exact) mass is 472 g/mol. The summed E-state index contributed by atoms with van der Waals surface area (Å²) < 4.78 is 41.1. The van der Waals surface area contributed by atoms with Gasteiger partial charge in [-0.2, -0.15) is 0 Å². The van der Waals surface area contributed by atoms with Crippen molar-refractivity contribution in [2.75, 3.05) is 36.4 Å². The number of aromatic nitrogens is 3. The summed E-state index contributed by atoms with van der Waals surface area (Å²) in [5.41, 5.74) is 0.888. The SMILES string of the molecule is CC(=O)N1CCN(c2cc3c(N[C@H](C)c4cccc(C(F)F)c4F)nc(C)nc3c(C)n2)CC1. The Hall–Kier alpha value is -3.43. The molecule has 1 fully saturated rings. The average Bonchev–Trinajstić information content (AvgIpc) is 2.79. The van der Waals surface area contributed by atoms with Gasteiger partial charge in [0.05, 0.1) is 22.8 Å². The van der Waals surface area contributed by atoms with Gasteiger partial charge >= 0.3 is 0 Å². The van der Waals surface area contributed by atoms with Gasteiger partial charge in [-0.05, 0) is 26.8 Å². The normalized spacial score (nSPS) is 15.2. The highest BCUT2D eigenvalue weighted by Crippen LogP contribution is 2.32. The second-order valence-electron chi connectivity index (χ2n) is 8.49. The van der Waals surface area contributed by atoms with E-state index in [0.29, 0.717) is 54.4 Å². The molecule has 0 bridgehead atoms. The Morgan fingerprint density at radius 2 is 1.74 bits per heavy atom. The summed E-state index contributed by atoms with van der Waals surface area (Å²) in [6.45, 7) is 9.40. The van der Waals surface area contributed by atoms with Crippen molar-refractivity contribution in [1.29, 1.82) is 0 Å². The van der Waals surface area contributed by atoms with Crippen LogP contribution < -0.4 is 10.2 Å². The van der Waals surface area contributed by atoms with E-state index < -0.39 is 23.8 Å². The van der Waals surface area contributed by atoms with Gasteiger partial charge in [0, 0.05) is 44.1 Å². The number of halogens is 3. The van der Waals surface area contributed by atoms with E-state index in [1.807, 2.05) is 13.0 Å². The standard InChI is InChI=1S/C24H27F3N6O/c1-13(17-6-5-7-18(21(17)25)23(26)27)29-24-19-12-20(28-14(2)22(19)30-15(3)31-24)33-10-8-32(9-11-33)16(4)34/h5-7,12-13,23H,8-11H2,1-4H3,(H,29,30,31)/t13-/m1/s1. The zero-order valence-electron chi connectivity index (χ0n) is 19.6. The van der Waals surface area contributed by atoms with Crippen LogP contribution in [-0.4, -0.2) is 51.9 Å². The maximum absolute atomic E-state index is 14.7. The number of fused-ring (bicyclic) bond motifs is 1. The minimum atomic E-state index is -2.89. The van der Waals surface area contributed by atoms with E-state index in [-0.39, 0.29) is 11.5 Å². The number of amides is 1. The average molecular weight is 473 g/mol. The maximum atomic E-state index is 14.7. The molecule has 0 aliphatic carbocycles. The van der Waals surface area contributed by atoms with Crippen LogP contribution in [0.4, 0.5) is 24.8 Å². The molecule has 3 aromatic rings. The number of hydrogen-bond donors (Lipinski definition) is 1. The molecule has 180 valence electrons. The Kier molecular flexibility index (Phi) is 6.58. The van der Waals surface area contributed by atoms with Gasteiger partial charge in [0.15, 0.2) is 0 Å². The first-order chi connectivity index (χ1) is 16.2. The van der Waals surface area contributed by atoms with Crippen LogP contribution in [0.3, 0.4) is 0 Å². The summed E-state index contributed by atoms with van der Waals surface area (Å²) in [6.07, 6.45) is -2.89. The molecule has 1 amide bonds. The highest BCUT2D eigenvalue weighted by molar-refractivity contribution is 5.92. The second kappa shape index (κ2) is 9.44. The lowest BCUT2D eigenvalue weighted by Crippen LogP contribution is -2.48. The predicted molar refractivity (Wildman–Crippen MR) is 125 cm³/mol. The molecule has 3 heterocycles. The fourth-order valence-electron chi connectivity index (χ4n) is 4.26. The van der Waals surface area contributed by atoms with Crippen LogP contribution in [-0.2, 0) is 4.79 Å². The minimum Gasteiger partial charge on any atom is -0.363 e. The first-order valence-corrected chi connectivity index (χ1v) is 11.1. The van der Waals surface area contributed by atoms with Crippen molar-refractivity contribution >= 4 is 28.4 Å². The zero-order valence-corrected chi connectivity index (χ0v) is 19.6. The number of hydrogen-bond acceptors (Lipinski definition) is 6. The molecule has 10 heteroatoms. The van der Waals surface area contributed by atoms with Crippen molar-refractivity contribution in [2.45, 2.75) is 40.2 Å². The number of alkyl halides is 2. The molecule has 1 N–H and O–H groups in total. The number of piperazine rings is 1. The molecule has 0 spiro atoms. The molecule has 2 aromatic heterocycles. The molecular formula is C24H27F3N6O. The largest absolute Gasteiger partial charge is 0.363 e. The molecule has 4 rings (SSSR count). The van der Waals surface area contributed by atoms with E-state index in [9.17, 15) is 18.0 Å². The molecule has 1 aromatic carbocycles. The minimum absolute atomic E-state index is 0.0507. The van der Waals surface area contributed by atoms with Gasteiger partial charge in [0.2, 0.25) is 5.91 Å². The first-order valence-electron chi connectivity index (χ1n) is 11.1. The highest BCUT2D eigenvalue weighted by Gasteiger charge is 2.23. The number of carbonyl (C=O) groups excluding carboxylic acids is 1. The van der Waals surface area contributed by atoms with Crippen LogP contribution in [0.25, 0.3) is 10.9 Å². The molecule has 1 aliphatic rings. The fourth-order valence-corrected chi connectivity index (χ4v) is 4.26. The van der Waals surface area contributed by atoms with Crippen LogP contribution in [0.5, 0.6) is 0 Å². The molecule has 0 unspecified atom stereocenters. The van der Waals surface area contributed by atoms with E-state index in [4.69, 9.17) is 4.98 Å². The van der Waals surface area contributed by atoms with E-state index >= 15 is 0 Å². The zero-order chi connectivity index (χ0) is 24.6. The van der Waals surface area contributed by atoms with Gasteiger partial charge in [0.25, 0.3) is 6.43 Å². The molecule has 1 aliphatic heterocycles. The number of nitrogens with zero attached hydrogens (tertiary/aromatic N) is 5. The third kappa shape index (κ3) is 4.62. The Labute approximate surface area is 196 Å². The summed E-state index contributed by atoms with van der Waals surface area (Å²) in [4.78, 5) is 29.3. The predicted octanol–water partition coefficient (Wildman–Crippen LogP) is 4.56. The second-order valence-corrected chi connectivity index (χ2v) is 8.49. The number of carbonyl (C=O) groups is 1. The van der Waals surface area contributed by atoms with Crippen molar-refractivity contribution in [2.24, 2.45) is 0 Å². The van der Waals surface area contributed by atoms with E-state index in [2.05, 4.69) is 20.2 Å². The molecule has 1 atom stereocenters. The van der Waals surface area contributed by atoms with Gasteiger partial charge in [-0.15, -0.1) is 0 Å². The van der Waals surface area contributed by atoms with Crippen molar-refractivity contribution in [3.05, 3.63) is 52.7 Å². The number of pyridine rings is 1. The van der Waals surface area contributed by atoms with Crippen molar-refractivity contribution in [3.8, 4) is 0 Å². The van der Waals surface area contributed by atoms with Gasteiger partial charge in [-0.1, -0.05) is 18.2 Å². The van der Waals surface area contributed by atoms with Crippen LogP contribution in [0, 0.1) is 19.7 Å². The lowest BCUT2D eigenvalue weighted by Gasteiger charge is -2.35. The third-order valence-corrected chi connectivity index (χ3v) is 6.12. The van der Waals surface area contributed by atoms with Crippen molar-refractivity contribution < 1.29 is 18.0 Å². The van der Waals surface area contributed by atoms with E-state index in [1.165, 1.54) is 12.1 Å². The van der Waals surface area contributed by atoms with Gasteiger partial charge < -0.3 is 15.1 Å². The van der Waals surface area contributed by atoms with Gasteiger partial charge in [-0.3, -0.25) is 4.79 Å². The number of nitrogens with one attached hydrogen (secondary N) is 1. The molecule has 0 radical (unpaired) electrons. The number of aryl methyl sites for hydroxylation is 2. The number of anilines is 2. The summed E-state index contributed by atoms with van der Waals surface area (Å²) >= 11 is 0. The van der Waals surface area contributed by atoms with Crippen molar-refractivity contribution in [3.63, 3.8) is 0 Å².